The Kier molecular flexibility index (Phi) is 2.38. The second kappa shape index (κ2) is 3.29. The molecule has 1 aliphatic rings. The van der Waals surface area contributed by atoms with Crippen molar-refractivity contribution in [2.24, 2.45) is 16.6 Å². The van der Waals surface area contributed by atoms with Crippen LogP contribution >= 0.6 is 0 Å². The predicted octanol–water partition coefficient (Wildman–Crippen LogP) is 2.28. The molecule has 0 spiro atoms. The van der Waals surface area contributed by atoms with Crippen molar-refractivity contribution >= 4 is 0 Å². The Morgan fingerprint density at radius 1 is 1.31 bits per heavy atom. The fourth-order valence-corrected chi connectivity index (χ4v) is 2.48. The van der Waals surface area contributed by atoms with Gasteiger partial charge in [-0.3, -0.25) is 0 Å². The molecule has 0 amide bonds. The molecule has 1 atom stereocenters. The number of hydrogen-bond donors (Lipinski definition) is 1. The Morgan fingerprint density at radius 3 is 2.31 bits per heavy atom. The minimum absolute atomic E-state index is 0.169. The van der Waals surface area contributed by atoms with Crippen molar-refractivity contribution in [3.05, 3.63) is 11.7 Å². The van der Waals surface area contributed by atoms with Gasteiger partial charge in [0.15, 0.2) is 5.82 Å². The Labute approximate surface area is 96.6 Å². The summed E-state index contributed by atoms with van der Waals surface area (Å²) in [7, 11) is 0. The Hall–Kier alpha value is -0.900. The zero-order valence-corrected chi connectivity index (χ0v) is 10.7. The van der Waals surface area contributed by atoms with E-state index in [1.807, 2.05) is 6.92 Å². The average Bonchev–Trinajstić information content (AvgIpc) is 2.60. The van der Waals surface area contributed by atoms with E-state index in [1.54, 1.807) is 0 Å². The van der Waals surface area contributed by atoms with E-state index in [0.29, 0.717) is 12.5 Å². The SMILES string of the molecule is CC(CN)c1noc(C2C(C)(C)C2(C)C)n1. The molecule has 0 bridgehead atoms. The van der Waals surface area contributed by atoms with Crippen LogP contribution in [0.3, 0.4) is 0 Å². The van der Waals surface area contributed by atoms with Crippen molar-refractivity contribution in [2.45, 2.75) is 46.5 Å². The number of rotatable bonds is 3. The summed E-state index contributed by atoms with van der Waals surface area (Å²) >= 11 is 0. The Bertz CT molecular complexity index is 381. The monoisotopic (exact) mass is 223 g/mol. The lowest BCUT2D eigenvalue weighted by molar-refractivity contribution is 0.359. The quantitative estimate of drug-likeness (QED) is 0.853. The Morgan fingerprint density at radius 2 is 1.88 bits per heavy atom. The van der Waals surface area contributed by atoms with Gasteiger partial charge in [0.1, 0.15) is 0 Å². The smallest absolute Gasteiger partial charge is 0.230 e. The van der Waals surface area contributed by atoms with Gasteiger partial charge in [-0.05, 0) is 10.8 Å². The molecule has 90 valence electrons. The molecule has 0 aromatic carbocycles. The lowest BCUT2D eigenvalue weighted by Crippen LogP contribution is -2.10. The molecule has 4 nitrogen and oxygen atoms in total. The summed E-state index contributed by atoms with van der Waals surface area (Å²) in [5.74, 6) is 2.04. The molecule has 1 heterocycles. The van der Waals surface area contributed by atoms with Crippen molar-refractivity contribution in [1.29, 1.82) is 0 Å². The first-order chi connectivity index (χ1) is 7.32. The van der Waals surface area contributed by atoms with Crippen LogP contribution in [0.4, 0.5) is 0 Å². The molecule has 1 unspecified atom stereocenters. The molecular formula is C12H21N3O. The molecule has 1 aromatic heterocycles. The van der Waals surface area contributed by atoms with Gasteiger partial charge in [0, 0.05) is 18.4 Å². The zero-order chi connectivity index (χ0) is 12.1. The van der Waals surface area contributed by atoms with Crippen molar-refractivity contribution in [1.82, 2.24) is 10.1 Å². The largest absolute Gasteiger partial charge is 0.339 e. The van der Waals surface area contributed by atoms with Crippen molar-refractivity contribution in [2.75, 3.05) is 6.54 Å². The van der Waals surface area contributed by atoms with E-state index in [9.17, 15) is 0 Å². The van der Waals surface area contributed by atoms with Gasteiger partial charge < -0.3 is 10.3 Å². The van der Waals surface area contributed by atoms with E-state index < -0.39 is 0 Å². The first-order valence-corrected chi connectivity index (χ1v) is 5.86. The van der Waals surface area contributed by atoms with Gasteiger partial charge in [0.05, 0.1) is 0 Å². The van der Waals surface area contributed by atoms with Gasteiger partial charge in [-0.25, -0.2) is 0 Å². The van der Waals surface area contributed by atoms with Crippen LogP contribution in [0.5, 0.6) is 0 Å². The molecule has 1 aromatic rings. The molecule has 0 aliphatic heterocycles. The van der Waals surface area contributed by atoms with Gasteiger partial charge in [-0.1, -0.05) is 39.8 Å². The number of nitrogens with two attached hydrogens (primary N) is 1. The minimum Gasteiger partial charge on any atom is -0.339 e. The maximum Gasteiger partial charge on any atom is 0.230 e. The highest BCUT2D eigenvalue weighted by molar-refractivity contribution is 5.25. The van der Waals surface area contributed by atoms with Crippen LogP contribution in [0.1, 0.15) is 58.2 Å². The first-order valence-electron chi connectivity index (χ1n) is 5.86. The maximum atomic E-state index is 5.59. The van der Waals surface area contributed by atoms with E-state index in [0.717, 1.165) is 11.7 Å². The summed E-state index contributed by atoms with van der Waals surface area (Å²) < 4.78 is 5.37. The molecule has 1 fully saturated rings. The molecule has 4 heteroatoms. The fourth-order valence-electron chi connectivity index (χ4n) is 2.48. The van der Waals surface area contributed by atoms with E-state index in [-0.39, 0.29) is 16.7 Å². The van der Waals surface area contributed by atoms with E-state index >= 15 is 0 Å². The van der Waals surface area contributed by atoms with E-state index in [4.69, 9.17) is 10.3 Å². The third-order valence-corrected chi connectivity index (χ3v) is 4.52. The summed E-state index contributed by atoms with van der Waals surface area (Å²) in [6.45, 7) is 11.5. The number of hydrogen-bond acceptors (Lipinski definition) is 4. The van der Waals surface area contributed by atoms with E-state index in [2.05, 4.69) is 37.8 Å². The van der Waals surface area contributed by atoms with Crippen LogP contribution in [-0.4, -0.2) is 16.7 Å². The van der Waals surface area contributed by atoms with Gasteiger partial charge in [-0.15, -0.1) is 0 Å². The van der Waals surface area contributed by atoms with Crippen LogP contribution < -0.4 is 5.73 Å². The third kappa shape index (κ3) is 1.39. The summed E-state index contributed by atoms with van der Waals surface area (Å²) in [6, 6.07) is 0. The van der Waals surface area contributed by atoms with Crippen molar-refractivity contribution in [3.63, 3.8) is 0 Å². The lowest BCUT2D eigenvalue weighted by atomic mass is 10.0. The second-order valence-corrected chi connectivity index (χ2v) is 6.00. The topological polar surface area (TPSA) is 64.9 Å². The van der Waals surface area contributed by atoms with Gasteiger partial charge >= 0.3 is 0 Å². The highest BCUT2D eigenvalue weighted by Crippen LogP contribution is 2.73. The molecule has 1 aliphatic carbocycles. The average molecular weight is 223 g/mol. The molecule has 0 radical (unpaired) electrons. The van der Waals surface area contributed by atoms with Gasteiger partial charge in [-0.2, -0.15) is 4.98 Å². The van der Waals surface area contributed by atoms with Crippen LogP contribution in [0.25, 0.3) is 0 Å². The van der Waals surface area contributed by atoms with Crippen LogP contribution in [0.15, 0.2) is 4.52 Å². The standard InChI is InChI=1S/C12H21N3O/c1-7(6-13)9-14-10(16-15-9)8-11(2,3)12(8,4)5/h7-8H,6,13H2,1-5H3. The summed E-state index contributed by atoms with van der Waals surface area (Å²) in [4.78, 5) is 4.48. The van der Waals surface area contributed by atoms with Crippen LogP contribution in [0, 0.1) is 10.8 Å². The maximum absolute atomic E-state index is 5.59. The molecule has 0 saturated heterocycles. The fraction of sp³-hybridized carbons (Fsp3) is 0.833. The summed E-state index contributed by atoms with van der Waals surface area (Å²) in [6.07, 6.45) is 0. The summed E-state index contributed by atoms with van der Waals surface area (Å²) in [5.41, 5.74) is 6.07. The van der Waals surface area contributed by atoms with Gasteiger partial charge in [0.2, 0.25) is 5.89 Å². The number of aromatic nitrogens is 2. The molecule has 1 saturated carbocycles. The van der Waals surface area contributed by atoms with Crippen LogP contribution in [-0.2, 0) is 0 Å². The van der Waals surface area contributed by atoms with Crippen molar-refractivity contribution < 1.29 is 4.52 Å². The molecule has 2 rings (SSSR count). The highest BCUT2D eigenvalue weighted by Gasteiger charge is 2.67. The zero-order valence-electron chi connectivity index (χ0n) is 10.7. The van der Waals surface area contributed by atoms with Crippen LogP contribution in [0.2, 0.25) is 0 Å². The van der Waals surface area contributed by atoms with Gasteiger partial charge in [0.25, 0.3) is 0 Å². The molecular weight excluding hydrogens is 202 g/mol. The minimum atomic E-state index is 0.169. The normalized spacial score (nSPS) is 24.4. The first kappa shape index (κ1) is 11.6. The highest BCUT2D eigenvalue weighted by atomic mass is 16.5. The number of nitrogens with zero attached hydrogens (tertiary/aromatic N) is 2. The summed E-state index contributed by atoms with van der Waals surface area (Å²) in [5, 5.41) is 4.01. The Balaban J connectivity index is 2.22. The molecule has 16 heavy (non-hydrogen) atoms. The predicted molar refractivity (Wildman–Crippen MR) is 62.1 cm³/mol. The van der Waals surface area contributed by atoms with Crippen molar-refractivity contribution in [3.8, 4) is 0 Å². The second-order valence-electron chi connectivity index (χ2n) is 6.00. The third-order valence-electron chi connectivity index (χ3n) is 4.52. The molecule has 2 N–H and O–H groups in total. The van der Waals surface area contributed by atoms with E-state index in [1.165, 1.54) is 0 Å². The lowest BCUT2D eigenvalue weighted by Gasteiger charge is -2.03.